The molecule has 1 atom stereocenters. The predicted octanol–water partition coefficient (Wildman–Crippen LogP) is 1.74. The number of nitrogens with one attached hydrogen (secondary N) is 2. The smallest absolute Gasteiger partial charge is 0.321 e. The Morgan fingerprint density at radius 2 is 1.69 bits per heavy atom. The topological polar surface area (TPSA) is 98.8 Å². The number of amides is 3. The first-order valence-electron chi connectivity index (χ1n) is 10.2. The van der Waals surface area contributed by atoms with Gasteiger partial charge in [0.05, 0.1) is 11.4 Å². The molecule has 2 rings (SSSR count). The van der Waals surface area contributed by atoms with Crippen molar-refractivity contribution in [3.8, 4) is 0 Å². The average Bonchev–Trinajstić information content (AvgIpc) is 2.72. The number of carbonyl (C=O) groups excluding carboxylic acids is 2. The molecule has 2 N–H and O–H groups in total. The number of piperazine rings is 1. The number of urea groups is 1. The summed E-state index contributed by atoms with van der Waals surface area (Å²) in [5, 5.41) is 4.87. The van der Waals surface area contributed by atoms with Crippen LogP contribution in [-0.2, 0) is 14.8 Å². The van der Waals surface area contributed by atoms with E-state index in [2.05, 4.69) is 24.5 Å². The molecule has 0 aliphatic carbocycles. The second-order valence-corrected chi connectivity index (χ2v) is 9.30. The van der Waals surface area contributed by atoms with Crippen LogP contribution in [0.3, 0.4) is 0 Å². The summed E-state index contributed by atoms with van der Waals surface area (Å²) >= 11 is 0. The summed E-state index contributed by atoms with van der Waals surface area (Å²) in [7, 11) is -3.55. The van der Waals surface area contributed by atoms with E-state index >= 15 is 0 Å². The van der Waals surface area contributed by atoms with Crippen molar-refractivity contribution in [1.29, 1.82) is 0 Å². The number of hydrogen-bond donors (Lipinski definition) is 2. The maximum absolute atomic E-state index is 12.9. The van der Waals surface area contributed by atoms with E-state index in [0.717, 1.165) is 18.4 Å². The van der Waals surface area contributed by atoms with Crippen LogP contribution in [0.2, 0.25) is 0 Å². The SMILES string of the molecule is CCCNC(=O)NC(=O)CN1CCN(S(=O)(=O)c2ccc(C(C)CC)cc2)CC1. The van der Waals surface area contributed by atoms with Crippen molar-refractivity contribution in [3.05, 3.63) is 29.8 Å². The second kappa shape index (κ2) is 10.7. The lowest BCUT2D eigenvalue weighted by Crippen LogP contribution is -2.52. The van der Waals surface area contributed by atoms with Crippen molar-refractivity contribution in [2.75, 3.05) is 39.3 Å². The molecule has 1 saturated heterocycles. The van der Waals surface area contributed by atoms with E-state index < -0.39 is 22.0 Å². The predicted molar refractivity (Wildman–Crippen MR) is 112 cm³/mol. The van der Waals surface area contributed by atoms with Crippen LogP contribution in [0.15, 0.2) is 29.2 Å². The highest BCUT2D eigenvalue weighted by atomic mass is 32.2. The molecule has 3 amide bonds. The highest BCUT2D eigenvalue weighted by molar-refractivity contribution is 7.89. The quantitative estimate of drug-likeness (QED) is 0.662. The molecule has 0 spiro atoms. The number of rotatable bonds is 8. The molecule has 0 radical (unpaired) electrons. The van der Waals surface area contributed by atoms with E-state index in [-0.39, 0.29) is 6.54 Å². The molecule has 29 heavy (non-hydrogen) atoms. The zero-order valence-corrected chi connectivity index (χ0v) is 18.3. The van der Waals surface area contributed by atoms with Crippen molar-refractivity contribution >= 4 is 22.0 Å². The van der Waals surface area contributed by atoms with Gasteiger partial charge in [-0.25, -0.2) is 13.2 Å². The van der Waals surface area contributed by atoms with E-state index in [1.807, 2.05) is 24.0 Å². The average molecular weight is 425 g/mol. The van der Waals surface area contributed by atoms with Crippen LogP contribution in [0, 0.1) is 0 Å². The minimum atomic E-state index is -3.55. The van der Waals surface area contributed by atoms with Crippen molar-refractivity contribution in [2.24, 2.45) is 0 Å². The lowest BCUT2D eigenvalue weighted by Gasteiger charge is -2.33. The fourth-order valence-corrected chi connectivity index (χ4v) is 4.56. The Balaban J connectivity index is 1.87. The van der Waals surface area contributed by atoms with Gasteiger partial charge in [0.25, 0.3) is 0 Å². The van der Waals surface area contributed by atoms with Crippen LogP contribution in [0.4, 0.5) is 4.79 Å². The van der Waals surface area contributed by atoms with Crippen LogP contribution in [0.5, 0.6) is 0 Å². The number of benzene rings is 1. The van der Waals surface area contributed by atoms with Gasteiger partial charge in [-0.15, -0.1) is 0 Å². The lowest BCUT2D eigenvalue weighted by atomic mass is 9.99. The number of carbonyl (C=O) groups is 2. The molecule has 0 aromatic heterocycles. The Labute approximate surface area is 173 Å². The van der Waals surface area contributed by atoms with Gasteiger partial charge < -0.3 is 5.32 Å². The third-order valence-electron chi connectivity index (χ3n) is 5.19. The Hall–Kier alpha value is -1.97. The molecular formula is C20H32N4O4S. The van der Waals surface area contributed by atoms with E-state index in [0.29, 0.717) is 43.5 Å². The minimum Gasteiger partial charge on any atom is -0.338 e. The summed E-state index contributed by atoms with van der Waals surface area (Å²) < 4.78 is 27.2. The van der Waals surface area contributed by atoms with Crippen molar-refractivity contribution < 1.29 is 18.0 Å². The van der Waals surface area contributed by atoms with Gasteiger partial charge >= 0.3 is 6.03 Å². The maximum Gasteiger partial charge on any atom is 0.321 e. The zero-order chi connectivity index (χ0) is 21.4. The highest BCUT2D eigenvalue weighted by Gasteiger charge is 2.29. The van der Waals surface area contributed by atoms with Crippen molar-refractivity contribution in [2.45, 2.75) is 44.4 Å². The number of nitrogens with zero attached hydrogens (tertiary/aromatic N) is 2. The molecule has 0 saturated carbocycles. The maximum atomic E-state index is 12.9. The fraction of sp³-hybridized carbons (Fsp3) is 0.600. The molecule has 9 heteroatoms. The molecule has 1 fully saturated rings. The number of imide groups is 1. The number of hydrogen-bond acceptors (Lipinski definition) is 5. The first-order chi connectivity index (χ1) is 13.8. The summed E-state index contributed by atoms with van der Waals surface area (Å²) in [6, 6.07) is 6.60. The van der Waals surface area contributed by atoms with Gasteiger partial charge in [-0.3, -0.25) is 15.0 Å². The van der Waals surface area contributed by atoms with Gasteiger partial charge in [0, 0.05) is 32.7 Å². The van der Waals surface area contributed by atoms with Crippen LogP contribution in [-0.4, -0.2) is 68.8 Å². The zero-order valence-electron chi connectivity index (χ0n) is 17.5. The van der Waals surface area contributed by atoms with Gasteiger partial charge in [-0.05, 0) is 36.5 Å². The molecule has 1 heterocycles. The Bertz CT molecular complexity index is 787. The first kappa shape index (κ1) is 23.3. The highest BCUT2D eigenvalue weighted by Crippen LogP contribution is 2.23. The van der Waals surface area contributed by atoms with Gasteiger partial charge in [0.15, 0.2) is 0 Å². The van der Waals surface area contributed by atoms with Crippen LogP contribution in [0.25, 0.3) is 0 Å². The number of sulfonamides is 1. The van der Waals surface area contributed by atoms with E-state index in [1.54, 1.807) is 12.1 Å². The van der Waals surface area contributed by atoms with Crippen molar-refractivity contribution in [1.82, 2.24) is 19.8 Å². The van der Waals surface area contributed by atoms with E-state index in [9.17, 15) is 18.0 Å². The first-order valence-corrected chi connectivity index (χ1v) is 11.6. The molecule has 1 aromatic rings. The summed E-state index contributed by atoms with van der Waals surface area (Å²) in [5.41, 5.74) is 1.13. The van der Waals surface area contributed by atoms with Crippen LogP contribution in [0.1, 0.15) is 45.1 Å². The molecule has 1 aliphatic heterocycles. The Kier molecular flexibility index (Phi) is 8.60. The molecule has 1 aromatic carbocycles. The summed E-state index contributed by atoms with van der Waals surface area (Å²) in [4.78, 5) is 25.6. The summed E-state index contributed by atoms with van der Waals surface area (Å²) in [5.74, 6) is 0.000965. The molecule has 0 bridgehead atoms. The van der Waals surface area contributed by atoms with Gasteiger partial charge in [0.1, 0.15) is 0 Å². The van der Waals surface area contributed by atoms with Crippen LogP contribution >= 0.6 is 0 Å². The standard InChI is InChI=1S/C20H32N4O4S/c1-4-10-21-20(26)22-19(25)15-23-11-13-24(14-12-23)29(27,28)18-8-6-17(7-9-18)16(3)5-2/h6-9,16H,4-5,10-15H2,1-3H3,(H2,21,22,25,26). The molecule has 1 unspecified atom stereocenters. The minimum absolute atomic E-state index is 0.0665. The third kappa shape index (κ3) is 6.52. The van der Waals surface area contributed by atoms with Crippen molar-refractivity contribution in [3.63, 3.8) is 0 Å². The van der Waals surface area contributed by atoms with Gasteiger partial charge in [-0.2, -0.15) is 4.31 Å². The lowest BCUT2D eigenvalue weighted by molar-refractivity contribution is -0.121. The molecule has 8 nitrogen and oxygen atoms in total. The van der Waals surface area contributed by atoms with E-state index in [4.69, 9.17) is 0 Å². The van der Waals surface area contributed by atoms with Crippen LogP contribution < -0.4 is 10.6 Å². The molecule has 1 aliphatic rings. The normalized spacial score (nSPS) is 16.9. The van der Waals surface area contributed by atoms with E-state index in [1.165, 1.54) is 4.31 Å². The fourth-order valence-electron chi connectivity index (χ4n) is 3.13. The monoisotopic (exact) mass is 424 g/mol. The summed E-state index contributed by atoms with van der Waals surface area (Å²) in [6.07, 6.45) is 1.79. The third-order valence-corrected chi connectivity index (χ3v) is 7.10. The largest absolute Gasteiger partial charge is 0.338 e. The second-order valence-electron chi connectivity index (χ2n) is 7.36. The van der Waals surface area contributed by atoms with Gasteiger partial charge in [-0.1, -0.05) is 32.9 Å². The van der Waals surface area contributed by atoms with Gasteiger partial charge in [0.2, 0.25) is 15.9 Å². The Morgan fingerprint density at radius 1 is 1.07 bits per heavy atom. The molecular weight excluding hydrogens is 392 g/mol. The molecule has 162 valence electrons. The Morgan fingerprint density at radius 3 is 2.24 bits per heavy atom. The summed E-state index contributed by atoms with van der Waals surface area (Å²) in [6.45, 7) is 8.22.